The highest BCUT2D eigenvalue weighted by molar-refractivity contribution is 7.99. The van der Waals surface area contributed by atoms with Gasteiger partial charge >= 0.3 is 0 Å². The number of carbonyl (C=O) groups excluding carboxylic acids is 1. The molecular weight excluding hydrogens is 372 g/mol. The number of ether oxygens (including phenoxy) is 1. The van der Waals surface area contributed by atoms with E-state index in [0.717, 1.165) is 59.0 Å². The number of amides is 1. The zero-order valence-corrected chi connectivity index (χ0v) is 17.3. The average Bonchev–Trinajstić information content (AvgIpc) is 3.08. The molecule has 0 atom stereocenters. The number of pyridine rings is 1. The van der Waals surface area contributed by atoms with E-state index in [-0.39, 0.29) is 5.91 Å². The Morgan fingerprint density at radius 2 is 1.86 bits per heavy atom. The van der Waals surface area contributed by atoms with Gasteiger partial charge in [0, 0.05) is 24.5 Å². The number of hydrogen-bond donors (Lipinski definition) is 0. The maximum absolute atomic E-state index is 12.7. The van der Waals surface area contributed by atoms with Crippen molar-refractivity contribution in [1.82, 2.24) is 19.5 Å². The fourth-order valence-electron chi connectivity index (χ4n) is 3.84. The Kier molecular flexibility index (Phi) is 5.71. The minimum atomic E-state index is 0.192. The van der Waals surface area contributed by atoms with Gasteiger partial charge in [-0.3, -0.25) is 9.20 Å². The van der Waals surface area contributed by atoms with Gasteiger partial charge in [-0.15, -0.1) is 10.2 Å². The van der Waals surface area contributed by atoms with Gasteiger partial charge in [-0.25, -0.2) is 0 Å². The van der Waals surface area contributed by atoms with Crippen LogP contribution in [-0.4, -0.2) is 51.4 Å². The minimum absolute atomic E-state index is 0.192. The molecule has 4 rings (SSSR count). The first-order chi connectivity index (χ1) is 13.7. The van der Waals surface area contributed by atoms with E-state index < -0.39 is 0 Å². The number of thioether (sulfide) groups is 1. The summed E-state index contributed by atoms with van der Waals surface area (Å²) < 4.78 is 7.43. The summed E-state index contributed by atoms with van der Waals surface area (Å²) in [4.78, 5) is 14.8. The van der Waals surface area contributed by atoms with Gasteiger partial charge in [0.25, 0.3) is 0 Å². The van der Waals surface area contributed by atoms with Crippen molar-refractivity contribution in [3.8, 4) is 5.75 Å². The topological polar surface area (TPSA) is 59.7 Å². The molecule has 28 heavy (non-hydrogen) atoms. The van der Waals surface area contributed by atoms with Gasteiger partial charge in [-0.1, -0.05) is 31.0 Å². The lowest BCUT2D eigenvalue weighted by Gasteiger charge is -2.24. The van der Waals surface area contributed by atoms with E-state index in [1.807, 2.05) is 27.5 Å². The van der Waals surface area contributed by atoms with Crippen LogP contribution < -0.4 is 4.74 Å². The standard InChI is InChI=1S/C21H26N4O2S/c1-15-12-19-22-23-21(25(19)18-13-16(27-2)8-9-17(15)18)28-14-20(26)24-10-6-4-3-5-7-11-24/h8-9,12-13H,3-7,10-11,14H2,1-2H3. The fraction of sp³-hybridized carbons (Fsp3) is 0.476. The van der Waals surface area contributed by atoms with E-state index in [2.05, 4.69) is 23.2 Å². The van der Waals surface area contributed by atoms with Crippen LogP contribution in [0.4, 0.5) is 0 Å². The molecule has 1 fully saturated rings. The molecule has 0 saturated carbocycles. The Bertz CT molecular complexity index is 993. The molecule has 3 heterocycles. The Labute approximate surface area is 169 Å². The zero-order chi connectivity index (χ0) is 19.5. The summed E-state index contributed by atoms with van der Waals surface area (Å²) in [6.45, 7) is 3.82. The van der Waals surface area contributed by atoms with Crippen molar-refractivity contribution >= 4 is 34.2 Å². The second-order valence-electron chi connectivity index (χ2n) is 7.32. The van der Waals surface area contributed by atoms with Gasteiger partial charge in [-0.05, 0) is 43.5 Å². The molecule has 1 aliphatic rings. The summed E-state index contributed by atoms with van der Waals surface area (Å²) in [7, 11) is 1.66. The highest BCUT2D eigenvalue weighted by atomic mass is 32.2. The van der Waals surface area contributed by atoms with Crippen molar-refractivity contribution in [1.29, 1.82) is 0 Å². The number of carbonyl (C=O) groups is 1. The van der Waals surface area contributed by atoms with Crippen LogP contribution in [0, 0.1) is 6.92 Å². The molecular formula is C21H26N4O2S. The number of aromatic nitrogens is 3. The predicted octanol–water partition coefficient (Wildman–Crippen LogP) is 4.08. The van der Waals surface area contributed by atoms with Crippen molar-refractivity contribution < 1.29 is 9.53 Å². The summed E-state index contributed by atoms with van der Waals surface area (Å²) in [5.41, 5.74) is 2.94. The van der Waals surface area contributed by atoms with Crippen molar-refractivity contribution in [2.75, 3.05) is 26.0 Å². The van der Waals surface area contributed by atoms with E-state index in [1.165, 1.54) is 31.0 Å². The lowest BCUT2D eigenvalue weighted by molar-refractivity contribution is -0.128. The number of hydrogen-bond acceptors (Lipinski definition) is 5. The van der Waals surface area contributed by atoms with Gasteiger partial charge < -0.3 is 9.64 Å². The minimum Gasteiger partial charge on any atom is -0.497 e. The molecule has 7 heteroatoms. The van der Waals surface area contributed by atoms with Crippen LogP contribution in [0.15, 0.2) is 29.4 Å². The van der Waals surface area contributed by atoms with Crippen LogP contribution in [0.25, 0.3) is 16.6 Å². The Morgan fingerprint density at radius 1 is 1.11 bits per heavy atom. The van der Waals surface area contributed by atoms with Crippen LogP contribution >= 0.6 is 11.8 Å². The SMILES string of the molecule is COc1ccc2c(C)cc3nnc(SCC(=O)N4CCCCCCC4)n3c2c1. The molecule has 0 unspecified atom stereocenters. The lowest BCUT2D eigenvalue weighted by atomic mass is 10.1. The third-order valence-corrected chi connectivity index (χ3v) is 6.32. The maximum atomic E-state index is 12.7. The monoisotopic (exact) mass is 398 g/mol. The maximum Gasteiger partial charge on any atom is 0.233 e. The number of rotatable bonds is 4. The molecule has 2 aromatic heterocycles. The van der Waals surface area contributed by atoms with Crippen LogP contribution in [0.3, 0.4) is 0 Å². The Morgan fingerprint density at radius 3 is 2.61 bits per heavy atom. The number of likely N-dealkylation sites (tertiary alicyclic amines) is 1. The Hall–Kier alpha value is -2.28. The zero-order valence-electron chi connectivity index (χ0n) is 16.5. The molecule has 6 nitrogen and oxygen atoms in total. The third kappa shape index (κ3) is 3.81. The molecule has 0 spiro atoms. The number of methoxy groups -OCH3 is 1. The van der Waals surface area contributed by atoms with Crippen LogP contribution in [-0.2, 0) is 4.79 Å². The third-order valence-electron chi connectivity index (χ3n) is 5.41. The second kappa shape index (κ2) is 8.39. The smallest absolute Gasteiger partial charge is 0.233 e. The first-order valence-electron chi connectivity index (χ1n) is 9.90. The lowest BCUT2D eigenvalue weighted by Crippen LogP contribution is -2.35. The molecule has 0 bridgehead atoms. The molecule has 1 amide bonds. The summed E-state index contributed by atoms with van der Waals surface area (Å²) in [6.07, 6.45) is 5.94. The second-order valence-corrected chi connectivity index (χ2v) is 8.27. The van der Waals surface area contributed by atoms with Crippen molar-refractivity contribution in [3.63, 3.8) is 0 Å². The molecule has 0 aliphatic carbocycles. The fourth-order valence-corrected chi connectivity index (χ4v) is 4.69. The van der Waals surface area contributed by atoms with Gasteiger partial charge in [0.05, 0.1) is 18.4 Å². The number of fused-ring (bicyclic) bond motifs is 3. The quantitative estimate of drug-likeness (QED) is 0.620. The van der Waals surface area contributed by atoms with E-state index in [0.29, 0.717) is 5.75 Å². The predicted molar refractivity (Wildman–Crippen MR) is 112 cm³/mol. The van der Waals surface area contributed by atoms with Crippen LogP contribution in [0.2, 0.25) is 0 Å². The van der Waals surface area contributed by atoms with Crippen molar-refractivity contribution in [2.24, 2.45) is 0 Å². The molecule has 1 saturated heterocycles. The average molecular weight is 399 g/mol. The highest BCUT2D eigenvalue weighted by Gasteiger charge is 2.18. The molecule has 1 aliphatic heterocycles. The van der Waals surface area contributed by atoms with E-state index in [4.69, 9.17) is 4.74 Å². The Balaban J connectivity index is 1.60. The summed E-state index contributed by atoms with van der Waals surface area (Å²) in [6, 6.07) is 8.06. The number of nitrogens with zero attached hydrogens (tertiary/aromatic N) is 4. The summed E-state index contributed by atoms with van der Waals surface area (Å²) >= 11 is 1.46. The van der Waals surface area contributed by atoms with E-state index in [9.17, 15) is 4.79 Å². The molecule has 1 aromatic carbocycles. The van der Waals surface area contributed by atoms with Crippen molar-refractivity contribution in [2.45, 2.75) is 44.2 Å². The molecule has 0 N–H and O–H groups in total. The normalized spacial score (nSPS) is 15.6. The van der Waals surface area contributed by atoms with E-state index >= 15 is 0 Å². The molecule has 148 valence electrons. The largest absolute Gasteiger partial charge is 0.497 e. The first-order valence-corrected chi connectivity index (χ1v) is 10.9. The van der Waals surface area contributed by atoms with Gasteiger partial charge in [-0.2, -0.15) is 0 Å². The summed E-state index contributed by atoms with van der Waals surface area (Å²) in [5.74, 6) is 1.37. The molecule has 0 radical (unpaired) electrons. The van der Waals surface area contributed by atoms with Gasteiger partial charge in [0.15, 0.2) is 10.8 Å². The van der Waals surface area contributed by atoms with E-state index in [1.54, 1.807) is 7.11 Å². The van der Waals surface area contributed by atoms with Crippen molar-refractivity contribution in [3.05, 3.63) is 29.8 Å². The van der Waals surface area contributed by atoms with Gasteiger partial charge in [0.1, 0.15) is 5.75 Å². The molecule has 3 aromatic rings. The first kappa shape index (κ1) is 19.1. The number of aryl methyl sites for hydroxylation is 1. The number of benzene rings is 1. The van der Waals surface area contributed by atoms with Gasteiger partial charge in [0.2, 0.25) is 5.91 Å². The summed E-state index contributed by atoms with van der Waals surface area (Å²) in [5, 5.41) is 10.6. The van der Waals surface area contributed by atoms with Crippen LogP contribution in [0.5, 0.6) is 5.75 Å². The van der Waals surface area contributed by atoms with Crippen LogP contribution in [0.1, 0.15) is 37.7 Å². The highest BCUT2D eigenvalue weighted by Crippen LogP contribution is 2.28.